The Morgan fingerprint density at radius 3 is 1.21 bits per heavy atom. The average molecular weight is 851 g/mol. The van der Waals surface area contributed by atoms with E-state index in [1.807, 2.05) is 40.1 Å². The second kappa shape index (κ2) is 16.8. The molecular formula is C44H48F2N10O6. The molecule has 4 fully saturated rings. The zero-order valence-electron chi connectivity index (χ0n) is 35.3. The van der Waals surface area contributed by atoms with Gasteiger partial charge in [0.15, 0.2) is 0 Å². The minimum absolute atomic E-state index is 0.0122. The normalized spacial score (nSPS) is 21.2. The van der Waals surface area contributed by atoms with Gasteiger partial charge in [0.2, 0.25) is 0 Å². The van der Waals surface area contributed by atoms with E-state index in [9.17, 15) is 37.5 Å². The number of benzene rings is 2. The quantitative estimate of drug-likeness (QED) is 0.208. The number of urea groups is 2. The molecule has 0 aliphatic carbocycles. The molecule has 2 aromatic carbocycles. The van der Waals surface area contributed by atoms with Crippen molar-refractivity contribution in [2.24, 2.45) is 0 Å². The van der Waals surface area contributed by atoms with E-state index >= 15 is 0 Å². The molecule has 6 heterocycles. The molecule has 62 heavy (non-hydrogen) atoms. The standard InChI is InChI=1S/2C22H24FN5O3/c2*1-13-10-14(2)18(24-12-13)27-6-8-28(9-7-27)19(29)15-4-5-16(17(23)11-15)22(3)20(30)25-21(31)26-22/h2*4-5,10-12H,6-9H2,1-3H3,(H2,25,26,30,31)/t2*22-/m10/s1. The van der Waals surface area contributed by atoms with Crippen LogP contribution in [-0.2, 0) is 20.7 Å². The molecule has 324 valence electrons. The number of aromatic nitrogens is 2. The largest absolute Gasteiger partial charge is 0.353 e. The van der Waals surface area contributed by atoms with Crippen molar-refractivity contribution in [3.05, 3.63) is 117 Å². The number of carbonyl (C=O) groups is 6. The maximum absolute atomic E-state index is 14.8. The van der Waals surface area contributed by atoms with E-state index in [-0.39, 0.29) is 34.1 Å². The molecule has 2 aromatic heterocycles. The fourth-order valence-corrected chi connectivity index (χ4v) is 8.26. The Kier molecular flexibility index (Phi) is 11.7. The number of hydrogen-bond acceptors (Lipinski definition) is 10. The van der Waals surface area contributed by atoms with Gasteiger partial charge in [-0.1, -0.05) is 24.3 Å². The molecule has 4 aliphatic rings. The number of carbonyl (C=O) groups excluding carboxylic acids is 6. The Bertz CT molecular complexity index is 2330. The van der Waals surface area contributed by atoms with Gasteiger partial charge in [0.25, 0.3) is 23.6 Å². The number of amides is 8. The lowest BCUT2D eigenvalue weighted by Gasteiger charge is -2.36. The van der Waals surface area contributed by atoms with Crippen LogP contribution < -0.4 is 31.1 Å². The first-order chi connectivity index (χ1) is 29.4. The van der Waals surface area contributed by atoms with E-state index in [0.717, 1.165) is 46.0 Å². The molecule has 0 bridgehead atoms. The van der Waals surface area contributed by atoms with Crippen LogP contribution in [0.2, 0.25) is 0 Å². The average Bonchev–Trinajstić information content (AvgIpc) is 3.66. The van der Waals surface area contributed by atoms with Crippen molar-refractivity contribution >= 4 is 47.3 Å². The molecule has 4 saturated heterocycles. The van der Waals surface area contributed by atoms with E-state index in [2.05, 4.69) is 53.2 Å². The van der Waals surface area contributed by atoms with Crippen LogP contribution >= 0.6 is 0 Å². The van der Waals surface area contributed by atoms with Crippen LogP contribution in [0.4, 0.5) is 30.0 Å². The Morgan fingerprint density at radius 2 is 0.919 bits per heavy atom. The lowest BCUT2D eigenvalue weighted by atomic mass is 9.91. The van der Waals surface area contributed by atoms with Gasteiger partial charge in [0, 0.05) is 87.0 Å². The number of nitrogens with zero attached hydrogens (tertiary/aromatic N) is 6. The molecule has 0 spiro atoms. The molecule has 0 radical (unpaired) electrons. The van der Waals surface area contributed by atoms with Crippen molar-refractivity contribution in [1.82, 2.24) is 41.0 Å². The summed E-state index contributed by atoms with van der Waals surface area (Å²) in [6.07, 6.45) is 3.66. The summed E-state index contributed by atoms with van der Waals surface area (Å²) >= 11 is 0. The van der Waals surface area contributed by atoms with E-state index in [4.69, 9.17) is 0 Å². The molecule has 4 aromatic rings. The SMILES string of the molecule is Cc1cnc(N2CCN(C(=O)c3ccc([C@@]4(C)NC(=O)NC4=O)c(F)c3)CC2)c(C)c1.Cc1cnc(N2CCN(C(=O)c3ccc([C@]4(C)NC(=O)NC4=O)c(F)c3)CC2)c(C)c1. The highest BCUT2D eigenvalue weighted by molar-refractivity contribution is 6.08. The van der Waals surface area contributed by atoms with Crippen LogP contribution in [0.1, 0.15) is 67.9 Å². The number of anilines is 2. The molecule has 18 heteroatoms. The number of pyridine rings is 2. The Hall–Kier alpha value is -6.98. The second-order valence-corrected chi connectivity index (χ2v) is 16.3. The summed E-state index contributed by atoms with van der Waals surface area (Å²) in [5.41, 5.74) is 1.80. The van der Waals surface area contributed by atoms with Crippen LogP contribution in [0.25, 0.3) is 0 Å². The molecule has 4 aliphatic heterocycles. The number of rotatable bonds is 6. The van der Waals surface area contributed by atoms with Crippen LogP contribution in [0.5, 0.6) is 0 Å². The van der Waals surface area contributed by atoms with Gasteiger partial charge < -0.3 is 30.2 Å². The monoisotopic (exact) mass is 850 g/mol. The van der Waals surface area contributed by atoms with Crippen molar-refractivity contribution in [3.8, 4) is 0 Å². The second-order valence-electron chi connectivity index (χ2n) is 16.3. The van der Waals surface area contributed by atoms with Gasteiger partial charge in [0.1, 0.15) is 34.3 Å². The molecule has 0 unspecified atom stereocenters. The predicted octanol–water partition coefficient (Wildman–Crippen LogP) is 3.71. The fraction of sp³-hybridized carbons (Fsp3) is 0.364. The lowest BCUT2D eigenvalue weighted by molar-refractivity contribution is -0.124. The highest BCUT2D eigenvalue weighted by Crippen LogP contribution is 2.30. The first-order valence-corrected chi connectivity index (χ1v) is 20.2. The maximum Gasteiger partial charge on any atom is 0.322 e. The number of imide groups is 2. The number of halogens is 2. The third-order valence-corrected chi connectivity index (χ3v) is 11.7. The molecule has 0 saturated carbocycles. The molecule has 8 amide bonds. The predicted molar refractivity (Wildman–Crippen MR) is 225 cm³/mol. The highest BCUT2D eigenvalue weighted by Gasteiger charge is 2.46. The third-order valence-electron chi connectivity index (χ3n) is 11.7. The Morgan fingerprint density at radius 1 is 0.565 bits per heavy atom. The Balaban J connectivity index is 0.000000186. The van der Waals surface area contributed by atoms with Gasteiger partial charge in [-0.2, -0.15) is 0 Å². The molecule has 2 atom stereocenters. The smallest absolute Gasteiger partial charge is 0.322 e. The van der Waals surface area contributed by atoms with Crippen molar-refractivity contribution < 1.29 is 37.5 Å². The number of piperazine rings is 2. The number of hydrogen-bond donors (Lipinski definition) is 4. The van der Waals surface area contributed by atoms with Crippen LogP contribution in [0.3, 0.4) is 0 Å². The van der Waals surface area contributed by atoms with Crippen molar-refractivity contribution in [3.63, 3.8) is 0 Å². The zero-order chi connectivity index (χ0) is 44.7. The summed E-state index contributed by atoms with van der Waals surface area (Å²) in [6, 6.07) is 10.8. The van der Waals surface area contributed by atoms with Crippen molar-refractivity contribution in [1.29, 1.82) is 0 Å². The van der Waals surface area contributed by atoms with E-state index in [0.29, 0.717) is 52.4 Å². The van der Waals surface area contributed by atoms with Gasteiger partial charge in [-0.05, 0) is 88.1 Å². The van der Waals surface area contributed by atoms with Crippen molar-refractivity contribution in [2.45, 2.75) is 52.6 Å². The summed E-state index contributed by atoms with van der Waals surface area (Å²) in [6.45, 7) is 15.4. The molecular weight excluding hydrogens is 803 g/mol. The summed E-state index contributed by atoms with van der Waals surface area (Å²) in [7, 11) is 0. The topological polar surface area (TPSA) is 189 Å². The summed E-state index contributed by atoms with van der Waals surface area (Å²) in [4.78, 5) is 89.6. The molecule has 16 nitrogen and oxygen atoms in total. The minimum atomic E-state index is -1.51. The van der Waals surface area contributed by atoms with Crippen LogP contribution in [0, 0.1) is 39.3 Å². The summed E-state index contributed by atoms with van der Waals surface area (Å²) in [5.74, 6) is -1.42. The Labute approximate surface area is 357 Å². The van der Waals surface area contributed by atoms with Crippen molar-refractivity contribution in [2.75, 3.05) is 62.2 Å². The van der Waals surface area contributed by atoms with Gasteiger partial charge >= 0.3 is 12.1 Å². The van der Waals surface area contributed by atoms with Crippen LogP contribution in [0.15, 0.2) is 60.9 Å². The minimum Gasteiger partial charge on any atom is -0.353 e. The van der Waals surface area contributed by atoms with Crippen LogP contribution in [-0.4, -0.2) is 108 Å². The van der Waals surface area contributed by atoms with Gasteiger partial charge in [-0.15, -0.1) is 0 Å². The maximum atomic E-state index is 14.8. The first-order valence-electron chi connectivity index (χ1n) is 20.2. The molecule has 8 rings (SSSR count). The summed E-state index contributed by atoms with van der Waals surface area (Å²) < 4.78 is 29.6. The van der Waals surface area contributed by atoms with E-state index in [1.165, 1.54) is 38.1 Å². The number of nitrogens with one attached hydrogen (secondary N) is 4. The van der Waals surface area contributed by atoms with Gasteiger partial charge in [-0.3, -0.25) is 29.8 Å². The summed E-state index contributed by atoms with van der Waals surface area (Å²) in [5, 5.41) is 9.07. The third kappa shape index (κ3) is 8.36. The zero-order valence-corrected chi connectivity index (χ0v) is 35.3. The van der Waals surface area contributed by atoms with E-state index < -0.39 is 46.6 Å². The van der Waals surface area contributed by atoms with Gasteiger partial charge in [0.05, 0.1) is 0 Å². The first kappa shape index (κ1) is 43.1. The van der Waals surface area contributed by atoms with Gasteiger partial charge in [-0.25, -0.2) is 28.3 Å². The fourth-order valence-electron chi connectivity index (χ4n) is 8.26. The number of aryl methyl sites for hydroxylation is 4. The highest BCUT2D eigenvalue weighted by atomic mass is 19.1. The van der Waals surface area contributed by atoms with E-state index in [1.54, 1.807) is 9.80 Å². The molecule has 4 N–H and O–H groups in total. The lowest BCUT2D eigenvalue weighted by Crippen LogP contribution is -2.49.